The summed E-state index contributed by atoms with van der Waals surface area (Å²) in [6.45, 7) is 16.5. The Morgan fingerprint density at radius 3 is 2.17 bits per heavy atom. The van der Waals surface area contributed by atoms with E-state index in [4.69, 9.17) is 0 Å². The van der Waals surface area contributed by atoms with Crippen LogP contribution >= 0.6 is 0 Å². The summed E-state index contributed by atoms with van der Waals surface area (Å²) in [5, 5.41) is 3.86. The topological polar surface area (TPSA) is 15.3 Å². The van der Waals surface area contributed by atoms with Gasteiger partial charge in [0, 0.05) is 30.2 Å². The Labute approximate surface area is 115 Å². The molecule has 108 valence electrons. The fourth-order valence-electron chi connectivity index (χ4n) is 3.37. The maximum absolute atomic E-state index is 3.86. The number of piperazine rings is 1. The largest absolute Gasteiger partial charge is 0.308 e. The second-order valence-corrected chi connectivity index (χ2v) is 6.46. The first-order valence-corrected chi connectivity index (χ1v) is 7.98. The monoisotopic (exact) mass is 254 g/mol. The second-order valence-electron chi connectivity index (χ2n) is 6.46. The Bertz CT molecular complexity index is 247. The molecule has 2 nitrogen and oxygen atoms in total. The van der Waals surface area contributed by atoms with Gasteiger partial charge in [0.15, 0.2) is 0 Å². The fraction of sp³-hybridized carbons (Fsp3) is 1.00. The zero-order valence-corrected chi connectivity index (χ0v) is 13.5. The van der Waals surface area contributed by atoms with Gasteiger partial charge in [-0.3, -0.25) is 4.90 Å². The van der Waals surface area contributed by atoms with E-state index in [0.29, 0.717) is 17.1 Å². The molecule has 1 aliphatic heterocycles. The average Bonchev–Trinajstić information content (AvgIpc) is 2.40. The van der Waals surface area contributed by atoms with Gasteiger partial charge in [-0.05, 0) is 39.5 Å². The van der Waals surface area contributed by atoms with Gasteiger partial charge in [0.25, 0.3) is 0 Å². The summed E-state index contributed by atoms with van der Waals surface area (Å²) in [6, 6.07) is 0.708. The molecule has 2 unspecified atom stereocenters. The van der Waals surface area contributed by atoms with Crippen molar-refractivity contribution in [1.29, 1.82) is 0 Å². The first-order chi connectivity index (χ1) is 8.47. The first kappa shape index (κ1) is 16.0. The van der Waals surface area contributed by atoms with Crippen LogP contribution in [0.3, 0.4) is 0 Å². The van der Waals surface area contributed by atoms with Crippen LogP contribution < -0.4 is 5.32 Å². The van der Waals surface area contributed by atoms with Gasteiger partial charge in [0.1, 0.15) is 0 Å². The molecule has 0 aromatic carbocycles. The van der Waals surface area contributed by atoms with Crippen molar-refractivity contribution in [2.24, 2.45) is 0 Å². The predicted molar refractivity (Wildman–Crippen MR) is 81.1 cm³/mol. The number of nitrogens with zero attached hydrogens (tertiary/aromatic N) is 1. The van der Waals surface area contributed by atoms with E-state index in [9.17, 15) is 0 Å². The lowest BCUT2D eigenvalue weighted by Gasteiger charge is -2.55. The highest BCUT2D eigenvalue weighted by atomic mass is 15.3. The lowest BCUT2D eigenvalue weighted by atomic mass is 9.81. The molecule has 0 saturated carbocycles. The summed E-state index contributed by atoms with van der Waals surface area (Å²) in [7, 11) is 0. The zero-order chi connectivity index (χ0) is 13.8. The van der Waals surface area contributed by atoms with E-state index in [1.165, 1.54) is 38.6 Å². The Hall–Kier alpha value is -0.0800. The molecule has 0 radical (unpaired) electrons. The van der Waals surface area contributed by atoms with Crippen LogP contribution in [0, 0.1) is 0 Å². The van der Waals surface area contributed by atoms with Gasteiger partial charge in [-0.25, -0.2) is 0 Å². The molecule has 0 amide bonds. The van der Waals surface area contributed by atoms with Crippen molar-refractivity contribution in [3.05, 3.63) is 0 Å². The molecule has 1 saturated heterocycles. The Morgan fingerprint density at radius 1 is 1.11 bits per heavy atom. The fourth-order valence-corrected chi connectivity index (χ4v) is 3.37. The minimum absolute atomic E-state index is 0.336. The van der Waals surface area contributed by atoms with Crippen molar-refractivity contribution in [2.45, 2.75) is 90.8 Å². The number of hydrogen-bond donors (Lipinski definition) is 1. The second kappa shape index (κ2) is 6.38. The molecule has 0 aliphatic carbocycles. The molecule has 18 heavy (non-hydrogen) atoms. The molecular weight excluding hydrogens is 220 g/mol. The van der Waals surface area contributed by atoms with E-state index >= 15 is 0 Å². The maximum Gasteiger partial charge on any atom is 0.0307 e. The van der Waals surface area contributed by atoms with Crippen molar-refractivity contribution in [1.82, 2.24) is 10.2 Å². The van der Waals surface area contributed by atoms with E-state index in [-0.39, 0.29) is 0 Å². The summed E-state index contributed by atoms with van der Waals surface area (Å²) in [5.74, 6) is 0. The van der Waals surface area contributed by atoms with Crippen LogP contribution in [0.15, 0.2) is 0 Å². The van der Waals surface area contributed by atoms with E-state index < -0.39 is 0 Å². The van der Waals surface area contributed by atoms with Gasteiger partial charge in [-0.15, -0.1) is 0 Å². The maximum atomic E-state index is 3.86. The third-order valence-electron chi connectivity index (χ3n) is 5.36. The smallest absolute Gasteiger partial charge is 0.0307 e. The van der Waals surface area contributed by atoms with Gasteiger partial charge >= 0.3 is 0 Å². The lowest BCUT2D eigenvalue weighted by molar-refractivity contribution is -0.0202. The molecular formula is C16H34N2. The van der Waals surface area contributed by atoms with Crippen molar-refractivity contribution < 1.29 is 0 Å². The predicted octanol–water partition coefficient (Wildman–Crippen LogP) is 3.81. The van der Waals surface area contributed by atoms with E-state index in [1.807, 2.05) is 0 Å². The molecule has 1 N–H and O–H groups in total. The standard InChI is InChI=1S/C16H34N2/c1-7-11-14(5)18-13-16(9-3,10-4)17-12-15(18,6)8-2/h14,17H,7-13H2,1-6H3. The quantitative estimate of drug-likeness (QED) is 0.775. The van der Waals surface area contributed by atoms with Crippen LogP contribution in [0.5, 0.6) is 0 Å². The van der Waals surface area contributed by atoms with E-state index in [0.717, 1.165) is 6.54 Å². The third-order valence-corrected chi connectivity index (χ3v) is 5.36. The lowest BCUT2D eigenvalue weighted by Crippen LogP contribution is -2.70. The van der Waals surface area contributed by atoms with Crippen LogP contribution in [0.25, 0.3) is 0 Å². The van der Waals surface area contributed by atoms with E-state index in [2.05, 4.69) is 51.8 Å². The molecule has 0 spiro atoms. The van der Waals surface area contributed by atoms with Crippen LogP contribution in [0.1, 0.15) is 73.6 Å². The van der Waals surface area contributed by atoms with Gasteiger partial charge in [-0.2, -0.15) is 0 Å². The molecule has 1 aliphatic rings. The number of nitrogens with one attached hydrogen (secondary N) is 1. The highest BCUT2D eigenvalue weighted by molar-refractivity contribution is 5.03. The zero-order valence-electron chi connectivity index (χ0n) is 13.5. The third kappa shape index (κ3) is 3.08. The van der Waals surface area contributed by atoms with Crippen molar-refractivity contribution in [2.75, 3.05) is 13.1 Å². The molecule has 1 fully saturated rings. The van der Waals surface area contributed by atoms with Gasteiger partial charge < -0.3 is 5.32 Å². The molecule has 2 heteroatoms. The van der Waals surface area contributed by atoms with Crippen LogP contribution in [0.4, 0.5) is 0 Å². The summed E-state index contributed by atoms with van der Waals surface area (Å²) in [4.78, 5) is 2.79. The van der Waals surface area contributed by atoms with Crippen LogP contribution in [-0.2, 0) is 0 Å². The number of rotatable bonds is 6. The summed E-state index contributed by atoms with van der Waals surface area (Å²) in [6.07, 6.45) is 6.31. The van der Waals surface area contributed by atoms with Crippen molar-refractivity contribution >= 4 is 0 Å². The minimum atomic E-state index is 0.336. The SMILES string of the molecule is CCCC(C)N1CC(CC)(CC)NCC1(C)CC. The van der Waals surface area contributed by atoms with Gasteiger partial charge in [0.2, 0.25) is 0 Å². The summed E-state index contributed by atoms with van der Waals surface area (Å²) >= 11 is 0. The summed E-state index contributed by atoms with van der Waals surface area (Å²) in [5.41, 5.74) is 0.680. The first-order valence-electron chi connectivity index (χ1n) is 7.98. The molecule has 2 atom stereocenters. The van der Waals surface area contributed by atoms with Crippen LogP contribution in [-0.4, -0.2) is 35.1 Å². The van der Waals surface area contributed by atoms with Crippen LogP contribution in [0.2, 0.25) is 0 Å². The van der Waals surface area contributed by atoms with E-state index in [1.54, 1.807) is 0 Å². The normalized spacial score (nSPS) is 30.3. The molecule has 0 bridgehead atoms. The minimum Gasteiger partial charge on any atom is -0.308 e. The van der Waals surface area contributed by atoms with Gasteiger partial charge in [0.05, 0.1) is 0 Å². The average molecular weight is 254 g/mol. The Morgan fingerprint density at radius 2 is 1.72 bits per heavy atom. The highest BCUT2D eigenvalue weighted by Gasteiger charge is 2.43. The molecule has 1 rings (SSSR count). The highest BCUT2D eigenvalue weighted by Crippen LogP contribution is 2.32. The Kier molecular flexibility index (Phi) is 5.67. The van der Waals surface area contributed by atoms with Crippen molar-refractivity contribution in [3.63, 3.8) is 0 Å². The Balaban J connectivity index is 2.89. The molecule has 1 heterocycles. The molecule has 0 aromatic heterocycles. The summed E-state index contributed by atoms with van der Waals surface area (Å²) < 4.78 is 0. The number of hydrogen-bond acceptors (Lipinski definition) is 2. The van der Waals surface area contributed by atoms with Gasteiger partial charge in [-0.1, -0.05) is 34.1 Å². The van der Waals surface area contributed by atoms with Crippen molar-refractivity contribution in [3.8, 4) is 0 Å². The molecule has 0 aromatic rings.